The summed E-state index contributed by atoms with van der Waals surface area (Å²) in [6.07, 6.45) is 0. The molecule has 3 nitrogen and oxygen atoms in total. The molecular weight excluding hydrogens is 212 g/mol. The van der Waals surface area contributed by atoms with Crippen LogP contribution in [0.2, 0.25) is 0 Å². The molecular formula is C14H14N2O. The number of aryl methyl sites for hydroxylation is 2. The van der Waals surface area contributed by atoms with Crippen molar-refractivity contribution in [3.05, 3.63) is 53.6 Å². The molecule has 0 saturated heterocycles. The molecule has 0 aliphatic rings. The van der Waals surface area contributed by atoms with E-state index in [0.29, 0.717) is 0 Å². The molecule has 0 aliphatic carbocycles. The normalized spacial score (nSPS) is 10.9. The van der Waals surface area contributed by atoms with E-state index in [4.69, 9.17) is 0 Å². The Morgan fingerprint density at radius 3 is 2.06 bits per heavy atom. The van der Waals surface area contributed by atoms with Crippen molar-refractivity contribution in [2.75, 3.05) is 0 Å². The van der Waals surface area contributed by atoms with Crippen LogP contribution < -0.4 is 0 Å². The predicted octanol–water partition coefficient (Wildman–Crippen LogP) is 4.42. The Morgan fingerprint density at radius 2 is 1.47 bits per heavy atom. The van der Waals surface area contributed by atoms with Gasteiger partial charge in [-0.2, -0.15) is 10.2 Å². The molecule has 0 atom stereocenters. The Hall–Kier alpha value is -2.16. The Kier molecular flexibility index (Phi) is 3.19. The van der Waals surface area contributed by atoms with Crippen LogP contribution in [-0.2, 0) is 0 Å². The number of azo groups is 1. The first-order chi connectivity index (χ1) is 8.16. The van der Waals surface area contributed by atoms with E-state index in [1.165, 1.54) is 0 Å². The quantitative estimate of drug-likeness (QED) is 0.756. The molecule has 0 spiro atoms. The molecule has 0 saturated carbocycles. The molecule has 0 radical (unpaired) electrons. The Bertz CT molecular complexity index is 524. The van der Waals surface area contributed by atoms with Crippen LogP contribution in [-0.4, -0.2) is 5.11 Å². The van der Waals surface area contributed by atoms with Gasteiger partial charge in [0.05, 0.1) is 11.4 Å². The third kappa shape index (κ3) is 2.69. The van der Waals surface area contributed by atoms with E-state index in [-0.39, 0.29) is 5.75 Å². The maximum atomic E-state index is 9.43. The van der Waals surface area contributed by atoms with Crippen LogP contribution in [0.25, 0.3) is 0 Å². The summed E-state index contributed by atoms with van der Waals surface area (Å²) in [5.41, 5.74) is 3.47. The van der Waals surface area contributed by atoms with Gasteiger partial charge in [-0.25, -0.2) is 0 Å². The lowest BCUT2D eigenvalue weighted by molar-refractivity contribution is 0.474. The third-order valence-corrected chi connectivity index (χ3v) is 2.50. The Morgan fingerprint density at radius 1 is 0.882 bits per heavy atom. The zero-order valence-electron chi connectivity index (χ0n) is 9.88. The zero-order valence-corrected chi connectivity index (χ0v) is 9.88. The van der Waals surface area contributed by atoms with Crippen LogP contribution in [0.3, 0.4) is 0 Å². The number of aromatic hydroxyl groups is 1. The molecule has 86 valence electrons. The number of benzene rings is 2. The van der Waals surface area contributed by atoms with E-state index in [9.17, 15) is 5.11 Å². The lowest BCUT2D eigenvalue weighted by Gasteiger charge is -2.04. The van der Waals surface area contributed by atoms with E-state index < -0.39 is 0 Å². The molecule has 0 fully saturated rings. The largest absolute Gasteiger partial charge is 0.508 e. The topological polar surface area (TPSA) is 45.0 Å². The van der Waals surface area contributed by atoms with Crippen LogP contribution in [0.5, 0.6) is 5.75 Å². The first-order valence-corrected chi connectivity index (χ1v) is 5.44. The number of phenols is 1. The smallest absolute Gasteiger partial charge is 0.116 e. The fraction of sp³-hybridized carbons (Fsp3) is 0.143. The number of phenolic OH excluding ortho intramolecular Hbond substituents is 1. The van der Waals surface area contributed by atoms with Gasteiger partial charge >= 0.3 is 0 Å². The minimum Gasteiger partial charge on any atom is -0.508 e. The van der Waals surface area contributed by atoms with Crippen molar-refractivity contribution < 1.29 is 5.11 Å². The predicted molar refractivity (Wildman–Crippen MR) is 68.2 cm³/mol. The lowest BCUT2D eigenvalue weighted by atomic mass is 10.1. The van der Waals surface area contributed by atoms with Crippen LogP contribution in [0.4, 0.5) is 11.4 Å². The summed E-state index contributed by atoms with van der Waals surface area (Å²) in [7, 11) is 0. The van der Waals surface area contributed by atoms with E-state index >= 15 is 0 Å². The molecule has 0 heterocycles. The molecule has 2 aromatic rings. The van der Waals surface area contributed by atoms with E-state index in [2.05, 4.69) is 10.2 Å². The second kappa shape index (κ2) is 4.78. The molecule has 2 aromatic carbocycles. The molecule has 0 bridgehead atoms. The highest BCUT2D eigenvalue weighted by Gasteiger charge is 2.03. The first-order valence-electron chi connectivity index (χ1n) is 5.44. The van der Waals surface area contributed by atoms with Crippen molar-refractivity contribution in [3.63, 3.8) is 0 Å². The second-order valence-corrected chi connectivity index (χ2v) is 3.96. The van der Waals surface area contributed by atoms with Gasteiger partial charge in [0.25, 0.3) is 0 Å². The van der Waals surface area contributed by atoms with Crippen molar-refractivity contribution >= 4 is 11.4 Å². The second-order valence-electron chi connectivity index (χ2n) is 3.96. The summed E-state index contributed by atoms with van der Waals surface area (Å²) in [4.78, 5) is 0. The van der Waals surface area contributed by atoms with Gasteiger partial charge in [-0.15, -0.1) is 0 Å². The van der Waals surface area contributed by atoms with Crippen LogP contribution in [0, 0.1) is 13.8 Å². The highest BCUT2D eigenvalue weighted by molar-refractivity contribution is 5.55. The summed E-state index contributed by atoms with van der Waals surface area (Å²) < 4.78 is 0. The Labute approximate surface area is 100 Å². The monoisotopic (exact) mass is 226 g/mol. The third-order valence-electron chi connectivity index (χ3n) is 2.50. The molecule has 0 aliphatic heterocycles. The molecule has 1 N–H and O–H groups in total. The average Bonchev–Trinajstić information content (AvgIpc) is 2.29. The van der Waals surface area contributed by atoms with Crippen molar-refractivity contribution in [1.82, 2.24) is 0 Å². The highest BCUT2D eigenvalue weighted by atomic mass is 16.3. The summed E-state index contributed by atoms with van der Waals surface area (Å²) in [5.74, 6) is 0.263. The van der Waals surface area contributed by atoms with Crippen LogP contribution in [0.15, 0.2) is 52.7 Å². The molecule has 0 amide bonds. The van der Waals surface area contributed by atoms with Gasteiger partial charge in [0.15, 0.2) is 0 Å². The van der Waals surface area contributed by atoms with Crippen molar-refractivity contribution in [3.8, 4) is 5.75 Å². The number of hydrogen-bond acceptors (Lipinski definition) is 3. The van der Waals surface area contributed by atoms with Gasteiger partial charge in [0.1, 0.15) is 5.75 Å². The SMILES string of the molecule is Cc1cc(O)cc(C)c1N=Nc1ccccc1. The van der Waals surface area contributed by atoms with Gasteiger partial charge < -0.3 is 5.11 Å². The van der Waals surface area contributed by atoms with Gasteiger partial charge in [-0.3, -0.25) is 0 Å². The molecule has 2 rings (SSSR count). The van der Waals surface area contributed by atoms with Gasteiger partial charge in [0, 0.05) is 0 Å². The Balaban J connectivity index is 2.34. The van der Waals surface area contributed by atoms with Crippen molar-refractivity contribution in [1.29, 1.82) is 0 Å². The fourth-order valence-corrected chi connectivity index (χ4v) is 1.69. The summed E-state index contributed by atoms with van der Waals surface area (Å²) in [5, 5.41) is 17.8. The number of nitrogens with zero attached hydrogens (tertiary/aromatic N) is 2. The lowest BCUT2D eigenvalue weighted by Crippen LogP contribution is -1.79. The maximum absolute atomic E-state index is 9.43. The average molecular weight is 226 g/mol. The molecule has 17 heavy (non-hydrogen) atoms. The highest BCUT2D eigenvalue weighted by Crippen LogP contribution is 2.29. The van der Waals surface area contributed by atoms with Crippen molar-refractivity contribution in [2.24, 2.45) is 10.2 Å². The number of hydrogen-bond donors (Lipinski definition) is 1. The molecule has 0 aromatic heterocycles. The van der Waals surface area contributed by atoms with E-state index in [1.54, 1.807) is 12.1 Å². The van der Waals surface area contributed by atoms with Gasteiger partial charge in [-0.1, -0.05) is 18.2 Å². The van der Waals surface area contributed by atoms with Gasteiger partial charge in [-0.05, 0) is 49.2 Å². The number of rotatable bonds is 2. The van der Waals surface area contributed by atoms with Crippen LogP contribution in [0.1, 0.15) is 11.1 Å². The van der Waals surface area contributed by atoms with Gasteiger partial charge in [0.2, 0.25) is 0 Å². The summed E-state index contributed by atoms with van der Waals surface area (Å²) >= 11 is 0. The zero-order chi connectivity index (χ0) is 12.3. The minimum atomic E-state index is 0.263. The van der Waals surface area contributed by atoms with Crippen molar-refractivity contribution in [2.45, 2.75) is 13.8 Å². The van der Waals surface area contributed by atoms with E-state index in [1.807, 2.05) is 44.2 Å². The summed E-state index contributed by atoms with van der Waals surface area (Å²) in [6.45, 7) is 3.82. The minimum absolute atomic E-state index is 0.263. The maximum Gasteiger partial charge on any atom is 0.116 e. The standard InChI is InChI=1S/C14H14N2O/c1-10-8-13(17)9-11(2)14(10)16-15-12-6-4-3-5-7-12/h3-9,17H,1-2H3. The fourth-order valence-electron chi connectivity index (χ4n) is 1.69. The first kappa shape index (κ1) is 11.3. The summed E-state index contributed by atoms with van der Waals surface area (Å²) in [6, 6.07) is 13.0. The molecule has 3 heteroatoms. The van der Waals surface area contributed by atoms with E-state index in [0.717, 1.165) is 22.5 Å². The molecule has 0 unspecified atom stereocenters. The van der Waals surface area contributed by atoms with Crippen LogP contribution >= 0.6 is 0 Å².